The van der Waals surface area contributed by atoms with Crippen LogP contribution in [0.2, 0.25) is 0 Å². The number of carbonyl (C=O) groups is 2. The second kappa shape index (κ2) is 5.33. The zero-order valence-corrected chi connectivity index (χ0v) is 9.62. The van der Waals surface area contributed by atoms with Gasteiger partial charge in [0.05, 0.1) is 5.69 Å². The molecular formula is C8H7N5O4S. The average molecular weight is 269 g/mol. The van der Waals surface area contributed by atoms with Gasteiger partial charge in [-0.2, -0.15) is 4.68 Å². The van der Waals surface area contributed by atoms with E-state index in [4.69, 9.17) is 5.11 Å². The Balaban J connectivity index is 2.07. The Hall–Kier alpha value is -2.33. The van der Waals surface area contributed by atoms with E-state index in [0.717, 1.165) is 11.3 Å². The van der Waals surface area contributed by atoms with Gasteiger partial charge in [-0.1, -0.05) is 0 Å². The zero-order valence-electron chi connectivity index (χ0n) is 8.81. The molecule has 0 aliphatic rings. The molecule has 0 bridgehead atoms. The van der Waals surface area contributed by atoms with E-state index in [0.29, 0.717) is 10.6 Å². The first kappa shape index (κ1) is 12.1. The molecule has 0 aliphatic carbocycles. The number of hydrogen-bond acceptors (Lipinski definition) is 7. The van der Waals surface area contributed by atoms with Gasteiger partial charge in [0, 0.05) is 0 Å². The minimum atomic E-state index is -1.18. The molecule has 9 nitrogen and oxygen atoms in total. The lowest BCUT2D eigenvalue weighted by molar-refractivity contribution is -0.144. The molecule has 18 heavy (non-hydrogen) atoms. The number of aromatic nitrogens is 4. The number of hydrogen-bond donors (Lipinski definition) is 2. The van der Waals surface area contributed by atoms with E-state index >= 15 is 0 Å². The summed E-state index contributed by atoms with van der Waals surface area (Å²) in [5.74, 6) is -1.74. The van der Waals surface area contributed by atoms with Crippen LogP contribution in [0.15, 0.2) is 17.8 Å². The smallest absolute Gasteiger partial charge is 0.332 e. The molecule has 0 unspecified atom stereocenters. The second-order valence-corrected chi connectivity index (χ2v) is 3.92. The van der Waals surface area contributed by atoms with Crippen molar-refractivity contribution in [2.45, 2.75) is 0 Å². The van der Waals surface area contributed by atoms with E-state index in [9.17, 15) is 9.59 Å². The molecule has 2 aromatic rings. The van der Waals surface area contributed by atoms with Crippen LogP contribution in [0.25, 0.3) is 5.69 Å². The van der Waals surface area contributed by atoms with Crippen LogP contribution < -0.4 is 5.48 Å². The first-order valence-corrected chi connectivity index (χ1v) is 5.51. The van der Waals surface area contributed by atoms with Gasteiger partial charge in [0.2, 0.25) is 0 Å². The number of amides is 1. The normalized spacial score (nSPS) is 10.2. The topological polar surface area (TPSA) is 119 Å². The maximum atomic E-state index is 11.7. The number of rotatable bonds is 5. The molecule has 2 rings (SSSR count). The monoisotopic (exact) mass is 269 g/mol. The van der Waals surface area contributed by atoms with Crippen LogP contribution in [0.3, 0.4) is 0 Å². The number of nitrogens with one attached hydrogen (secondary N) is 1. The highest BCUT2D eigenvalue weighted by Crippen LogP contribution is 2.19. The largest absolute Gasteiger partial charge is 0.479 e. The second-order valence-electron chi connectivity index (χ2n) is 3.00. The van der Waals surface area contributed by atoms with Crippen molar-refractivity contribution in [3.63, 3.8) is 0 Å². The van der Waals surface area contributed by atoms with Crippen molar-refractivity contribution in [3.8, 4) is 5.69 Å². The van der Waals surface area contributed by atoms with E-state index < -0.39 is 18.5 Å². The van der Waals surface area contributed by atoms with Gasteiger partial charge in [-0.05, 0) is 21.9 Å². The number of aliphatic carboxylic acids is 1. The summed E-state index contributed by atoms with van der Waals surface area (Å²) in [6.07, 6.45) is 1.34. The van der Waals surface area contributed by atoms with Crippen molar-refractivity contribution in [3.05, 3.63) is 22.7 Å². The fourth-order valence-electron chi connectivity index (χ4n) is 1.13. The lowest BCUT2D eigenvalue weighted by atomic mass is 10.4. The Morgan fingerprint density at radius 1 is 1.56 bits per heavy atom. The highest BCUT2D eigenvalue weighted by Gasteiger charge is 2.15. The lowest BCUT2D eigenvalue weighted by Crippen LogP contribution is -2.26. The predicted octanol–water partition coefficient (Wildman–Crippen LogP) is -0.530. The average Bonchev–Trinajstić information content (AvgIpc) is 2.99. The molecule has 0 fully saturated rings. The van der Waals surface area contributed by atoms with Gasteiger partial charge in [-0.15, -0.1) is 16.4 Å². The molecule has 0 radical (unpaired) electrons. The number of tetrazole rings is 1. The minimum Gasteiger partial charge on any atom is -0.479 e. The molecule has 0 atom stereocenters. The molecule has 0 aromatic carbocycles. The predicted molar refractivity (Wildman–Crippen MR) is 58.1 cm³/mol. The lowest BCUT2D eigenvalue weighted by Gasteiger charge is -2.04. The third-order valence-corrected chi connectivity index (χ3v) is 2.71. The van der Waals surface area contributed by atoms with Crippen LogP contribution in [0, 0.1) is 0 Å². The molecule has 2 N–H and O–H groups in total. The molecule has 94 valence electrons. The number of hydroxylamine groups is 1. The van der Waals surface area contributed by atoms with Gasteiger partial charge < -0.3 is 5.11 Å². The summed E-state index contributed by atoms with van der Waals surface area (Å²) in [4.78, 5) is 26.7. The minimum absolute atomic E-state index is 0.313. The first-order chi connectivity index (χ1) is 8.68. The molecule has 0 spiro atoms. The van der Waals surface area contributed by atoms with E-state index in [1.54, 1.807) is 11.4 Å². The number of carboxylic acids is 1. The third kappa shape index (κ3) is 2.67. The summed E-state index contributed by atoms with van der Waals surface area (Å²) in [5.41, 5.74) is 2.51. The number of carboxylic acid groups (broad SMARTS) is 1. The number of thiophene rings is 1. The summed E-state index contributed by atoms with van der Waals surface area (Å²) < 4.78 is 1.32. The van der Waals surface area contributed by atoms with E-state index in [1.165, 1.54) is 11.0 Å². The number of carbonyl (C=O) groups excluding carboxylic acids is 1. The maximum absolute atomic E-state index is 11.7. The van der Waals surface area contributed by atoms with Gasteiger partial charge in [-0.3, -0.25) is 9.63 Å². The quantitative estimate of drug-likeness (QED) is 0.700. The van der Waals surface area contributed by atoms with Crippen molar-refractivity contribution in [1.29, 1.82) is 0 Å². The molecule has 0 saturated carbocycles. The van der Waals surface area contributed by atoms with Crippen LogP contribution in [-0.4, -0.2) is 43.8 Å². The summed E-state index contributed by atoms with van der Waals surface area (Å²) in [7, 11) is 0. The summed E-state index contributed by atoms with van der Waals surface area (Å²) in [5, 5.41) is 20.6. The van der Waals surface area contributed by atoms with E-state index in [-0.39, 0.29) is 0 Å². The SMILES string of the molecule is O=C(O)CONC(=O)c1sccc1-n1cnnn1. The van der Waals surface area contributed by atoms with Crippen molar-refractivity contribution >= 4 is 23.2 Å². The summed E-state index contributed by atoms with van der Waals surface area (Å²) >= 11 is 1.16. The van der Waals surface area contributed by atoms with Crippen LogP contribution in [0.1, 0.15) is 9.67 Å². The fourth-order valence-corrected chi connectivity index (χ4v) is 1.90. The van der Waals surface area contributed by atoms with Crippen LogP contribution in [0.5, 0.6) is 0 Å². The molecule has 2 heterocycles. The number of nitrogens with zero attached hydrogens (tertiary/aromatic N) is 4. The van der Waals surface area contributed by atoms with Gasteiger partial charge in [0.15, 0.2) is 6.61 Å². The maximum Gasteiger partial charge on any atom is 0.332 e. The summed E-state index contributed by atoms with van der Waals surface area (Å²) in [6, 6.07) is 1.66. The highest BCUT2D eigenvalue weighted by atomic mass is 32.1. The van der Waals surface area contributed by atoms with Gasteiger partial charge >= 0.3 is 5.97 Å². The molecule has 0 saturated heterocycles. The van der Waals surface area contributed by atoms with Crippen molar-refractivity contribution < 1.29 is 19.5 Å². The Morgan fingerprint density at radius 3 is 3.06 bits per heavy atom. The standard InChI is InChI=1S/C8H7N5O4S/c14-6(15)3-17-10-8(16)7-5(1-2-18-7)13-4-9-11-12-13/h1-2,4H,3H2,(H,10,16)(H,14,15). The molecule has 0 aliphatic heterocycles. The molecule has 1 amide bonds. The molecular weight excluding hydrogens is 262 g/mol. The van der Waals surface area contributed by atoms with Crippen LogP contribution >= 0.6 is 11.3 Å². The van der Waals surface area contributed by atoms with E-state index in [1.807, 2.05) is 5.48 Å². The van der Waals surface area contributed by atoms with Crippen molar-refractivity contribution in [2.75, 3.05) is 6.61 Å². The van der Waals surface area contributed by atoms with Crippen LogP contribution in [0.4, 0.5) is 0 Å². The third-order valence-electron chi connectivity index (χ3n) is 1.81. The van der Waals surface area contributed by atoms with Gasteiger partial charge in [0.25, 0.3) is 5.91 Å². The fraction of sp³-hybridized carbons (Fsp3) is 0.125. The summed E-state index contributed by atoms with van der Waals surface area (Å²) in [6.45, 7) is -0.614. The Kier molecular flexibility index (Phi) is 3.60. The van der Waals surface area contributed by atoms with Crippen molar-refractivity contribution in [1.82, 2.24) is 25.7 Å². The Bertz CT molecular complexity index is 552. The van der Waals surface area contributed by atoms with Crippen molar-refractivity contribution in [2.24, 2.45) is 0 Å². The Morgan fingerprint density at radius 2 is 2.39 bits per heavy atom. The highest BCUT2D eigenvalue weighted by molar-refractivity contribution is 7.12. The Labute approximate surface area is 104 Å². The first-order valence-electron chi connectivity index (χ1n) is 4.63. The molecule has 2 aromatic heterocycles. The zero-order chi connectivity index (χ0) is 13.0. The molecule has 10 heteroatoms. The van der Waals surface area contributed by atoms with Crippen LogP contribution in [-0.2, 0) is 9.63 Å². The van der Waals surface area contributed by atoms with Gasteiger partial charge in [-0.25, -0.2) is 10.3 Å². The van der Waals surface area contributed by atoms with Gasteiger partial charge in [0.1, 0.15) is 11.2 Å². The van der Waals surface area contributed by atoms with E-state index in [2.05, 4.69) is 20.4 Å².